The highest BCUT2D eigenvalue weighted by atomic mass is 16.6. The molecule has 0 spiro atoms. The fourth-order valence-electron chi connectivity index (χ4n) is 3.20. The molecule has 2 aliphatic rings. The lowest BCUT2D eigenvalue weighted by Crippen LogP contribution is -2.55. The first kappa shape index (κ1) is 18.5. The van der Waals surface area contributed by atoms with Crippen LogP contribution in [-0.4, -0.2) is 80.0 Å². The second-order valence-corrected chi connectivity index (χ2v) is 7.69. The zero-order valence-electron chi connectivity index (χ0n) is 15.1. The Kier molecular flexibility index (Phi) is 6.68. The number of nitrogens with one attached hydrogen (secondary N) is 1. The predicted octanol–water partition coefficient (Wildman–Crippen LogP) is 1.70. The number of piperidine rings is 1. The summed E-state index contributed by atoms with van der Waals surface area (Å²) in [5.41, 5.74) is -0.460. The Morgan fingerprint density at radius 2 is 1.96 bits per heavy atom. The van der Waals surface area contributed by atoms with Gasteiger partial charge in [-0.15, -0.1) is 0 Å². The van der Waals surface area contributed by atoms with Crippen LogP contribution in [-0.2, 0) is 9.47 Å². The van der Waals surface area contributed by atoms with Crippen molar-refractivity contribution in [3.8, 4) is 0 Å². The van der Waals surface area contributed by atoms with Gasteiger partial charge in [0.15, 0.2) is 0 Å². The normalized spacial score (nSPS) is 27.0. The molecular weight excluding hydrogens is 294 g/mol. The topological polar surface area (TPSA) is 54.0 Å². The molecule has 0 aromatic rings. The van der Waals surface area contributed by atoms with Gasteiger partial charge in [-0.3, -0.25) is 4.90 Å². The zero-order valence-corrected chi connectivity index (χ0v) is 15.1. The van der Waals surface area contributed by atoms with Gasteiger partial charge in [0, 0.05) is 25.7 Å². The van der Waals surface area contributed by atoms with Gasteiger partial charge in [-0.2, -0.15) is 0 Å². The van der Waals surface area contributed by atoms with E-state index >= 15 is 0 Å². The van der Waals surface area contributed by atoms with Crippen LogP contribution in [0, 0.1) is 0 Å². The van der Waals surface area contributed by atoms with E-state index in [2.05, 4.69) is 17.3 Å². The lowest BCUT2D eigenvalue weighted by molar-refractivity contribution is -0.0319. The Morgan fingerprint density at radius 3 is 2.65 bits per heavy atom. The van der Waals surface area contributed by atoms with E-state index in [1.165, 1.54) is 25.8 Å². The third-order valence-electron chi connectivity index (χ3n) is 4.54. The Hall–Kier alpha value is -0.850. The molecule has 2 heterocycles. The lowest BCUT2D eigenvalue weighted by Gasteiger charge is -2.37. The summed E-state index contributed by atoms with van der Waals surface area (Å²) in [5.74, 6) is 0. The van der Waals surface area contributed by atoms with E-state index in [-0.39, 0.29) is 12.1 Å². The molecule has 6 heteroatoms. The number of rotatable bonds is 4. The Bertz CT molecular complexity index is 384. The SMILES string of the molecule is CN1CCCCC1CNCC1COCCN1C(=O)OC(C)(C)C. The largest absolute Gasteiger partial charge is 0.444 e. The first-order valence-electron chi connectivity index (χ1n) is 8.85. The van der Waals surface area contributed by atoms with Crippen LogP contribution in [0.2, 0.25) is 0 Å². The lowest BCUT2D eigenvalue weighted by atomic mass is 10.0. The highest BCUT2D eigenvalue weighted by Gasteiger charge is 2.31. The van der Waals surface area contributed by atoms with Crippen molar-refractivity contribution in [3.05, 3.63) is 0 Å². The molecule has 6 nitrogen and oxygen atoms in total. The van der Waals surface area contributed by atoms with Gasteiger partial charge in [-0.05, 0) is 47.2 Å². The summed E-state index contributed by atoms with van der Waals surface area (Å²) in [4.78, 5) is 16.6. The number of hydrogen-bond acceptors (Lipinski definition) is 5. The Labute approximate surface area is 140 Å². The number of carbonyl (C=O) groups is 1. The van der Waals surface area contributed by atoms with Crippen molar-refractivity contribution in [1.29, 1.82) is 0 Å². The summed E-state index contributed by atoms with van der Waals surface area (Å²) in [6, 6.07) is 0.649. The van der Waals surface area contributed by atoms with Gasteiger partial charge in [0.2, 0.25) is 0 Å². The van der Waals surface area contributed by atoms with Crippen molar-refractivity contribution in [2.24, 2.45) is 0 Å². The fourth-order valence-corrected chi connectivity index (χ4v) is 3.20. The number of hydrogen-bond donors (Lipinski definition) is 1. The first-order chi connectivity index (χ1) is 10.9. The summed E-state index contributed by atoms with van der Waals surface area (Å²) >= 11 is 0. The molecule has 0 bridgehead atoms. The minimum atomic E-state index is -0.460. The van der Waals surface area contributed by atoms with E-state index in [0.29, 0.717) is 25.8 Å². The summed E-state index contributed by atoms with van der Waals surface area (Å²) in [7, 11) is 2.20. The molecule has 134 valence electrons. The van der Waals surface area contributed by atoms with Gasteiger partial charge in [-0.25, -0.2) is 4.79 Å². The van der Waals surface area contributed by atoms with Crippen molar-refractivity contribution >= 4 is 6.09 Å². The molecule has 0 aliphatic carbocycles. The number of morpholine rings is 1. The molecule has 1 N–H and O–H groups in total. The second-order valence-electron chi connectivity index (χ2n) is 7.69. The number of amides is 1. The van der Waals surface area contributed by atoms with Gasteiger partial charge >= 0.3 is 6.09 Å². The highest BCUT2D eigenvalue weighted by Crippen LogP contribution is 2.16. The van der Waals surface area contributed by atoms with Gasteiger partial charge in [0.1, 0.15) is 5.60 Å². The minimum absolute atomic E-state index is 0.0486. The van der Waals surface area contributed by atoms with E-state index in [1.807, 2.05) is 25.7 Å². The van der Waals surface area contributed by atoms with Crippen LogP contribution in [0.15, 0.2) is 0 Å². The van der Waals surface area contributed by atoms with Gasteiger partial charge < -0.3 is 19.7 Å². The maximum absolute atomic E-state index is 12.4. The van der Waals surface area contributed by atoms with Crippen molar-refractivity contribution in [3.63, 3.8) is 0 Å². The van der Waals surface area contributed by atoms with Gasteiger partial charge in [0.05, 0.1) is 19.3 Å². The summed E-state index contributed by atoms with van der Waals surface area (Å²) in [6.45, 7) is 10.4. The smallest absolute Gasteiger partial charge is 0.410 e. The van der Waals surface area contributed by atoms with Crippen molar-refractivity contribution in [2.75, 3.05) is 46.4 Å². The summed E-state index contributed by atoms with van der Waals surface area (Å²) in [5, 5.41) is 3.53. The zero-order chi connectivity index (χ0) is 16.9. The van der Waals surface area contributed by atoms with Crippen LogP contribution < -0.4 is 5.32 Å². The van der Waals surface area contributed by atoms with E-state index in [1.54, 1.807) is 0 Å². The quantitative estimate of drug-likeness (QED) is 0.852. The average Bonchev–Trinajstić information content (AvgIpc) is 2.48. The standard InChI is InChI=1S/C17H33N3O3/c1-17(2,3)23-16(21)20-9-10-22-13-15(20)12-18-11-14-7-5-6-8-19(14)4/h14-15,18H,5-13H2,1-4H3. The Morgan fingerprint density at radius 1 is 1.22 bits per heavy atom. The van der Waals surface area contributed by atoms with Gasteiger partial charge in [0.25, 0.3) is 0 Å². The van der Waals surface area contributed by atoms with E-state index in [0.717, 1.165) is 13.1 Å². The molecule has 2 fully saturated rings. The molecule has 0 aromatic heterocycles. The molecule has 0 radical (unpaired) electrons. The highest BCUT2D eigenvalue weighted by molar-refractivity contribution is 5.68. The van der Waals surface area contributed by atoms with Crippen molar-refractivity contribution in [1.82, 2.24) is 15.1 Å². The molecule has 23 heavy (non-hydrogen) atoms. The van der Waals surface area contributed by atoms with Crippen LogP contribution >= 0.6 is 0 Å². The van der Waals surface area contributed by atoms with Crippen molar-refractivity contribution < 1.29 is 14.3 Å². The predicted molar refractivity (Wildman–Crippen MR) is 90.7 cm³/mol. The molecule has 0 aromatic carbocycles. The molecule has 2 atom stereocenters. The van der Waals surface area contributed by atoms with Crippen LogP contribution in [0.1, 0.15) is 40.0 Å². The van der Waals surface area contributed by atoms with E-state index in [4.69, 9.17) is 9.47 Å². The first-order valence-corrected chi connectivity index (χ1v) is 8.85. The monoisotopic (exact) mass is 327 g/mol. The third kappa shape index (κ3) is 5.94. The van der Waals surface area contributed by atoms with Gasteiger partial charge in [-0.1, -0.05) is 6.42 Å². The van der Waals surface area contributed by atoms with Crippen LogP contribution in [0.3, 0.4) is 0 Å². The molecule has 0 saturated carbocycles. The summed E-state index contributed by atoms with van der Waals surface area (Å²) < 4.78 is 11.1. The molecule has 2 aliphatic heterocycles. The molecule has 2 saturated heterocycles. The summed E-state index contributed by atoms with van der Waals surface area (Å²) in [6.07, 6.45) is 3.63. The Balaban J connectivity index is 1.80. The second kappa shape index (κ2) is 8.31. The van der Waals surface area contributed by atoms with Crippen LogP contribution in [0.25, 0.3) is 0 Å². The molecule has 1 amide bonds. The van der Waals surface area contributed by atoms with Crippen LogP contribution in [0.4, 0.5) is 4.79 Å². The maximum Gasteiger partial charge on any atom is 0.410 e. The number of likely N-dealkylation sites (tertiary alicyclic amines) is 1. The van der Waals surface area contributed by atoms with E-state index < -0.39 is 5.60 Å². The molecule has 2 rings (SSSR count). The minimum Gasteiger partial charge on any atom is -0.444 e. The maximum atomic E-state index is 12.4. The number of nitrogens with zero attached hydrogens (tertiary/aromatic N) is 2. The average molecular weight is 327 g/mol. The molecule has 2 unspecified atom stereocenters. The van der Waals surface area contributed by atoms with Crippen molar-refractivity contribution in [2.45, 2.75) is 57.7 Å². The number of ether oxygens (including phenoxy) is 2. The third-order valence-corrected chi connectivity index (χ3v) is 4.54. The number of likely N-dealkylation sites (N-methyl/N-ethyl adjacent to an activating group) is 1. The van der Waals surface area contributed by atoms with E-state index in [9.17, 15) is 4.79 Å². The molecular formula is C17H33N3O3. The van der Waals surface area contributed by atoms with Crippen LogP contribution in [0.5, 0.6) is 0 Å². The fraction of sp³-hybridized carbons (Fsp3) is 0.941. The number of carbonyl (C=O) groups excluding carboxylic acids is 1.